The van der Waals surface area contributed by atoms with Gasteiger partial charge in [-0.15, -0.1) is 0 Å². The highest BCUT2D eigenvalue weighted by molar-refractivity contribution is 5.66. The summed E-state index contributed by atoms with van der Waals surface area (Å²) in [5, 5.41) is 29.5. The number of carboxylic acids is 1. The molecule has 0 spiro atoms. The van der Waals surface area contributed by atoms with E-state index >= 15 is 0 Å². The Labute approximate surface area is 201 Å². The van der Waals surface area contributed by atoms with E-state index in [1.54, 1.807) is 6.08 Å². The van der Waals surface area contributed by atoms with Crippen LogP contribution in [-0.2, 0) is 20.5 Å². The molecule has 10 heteroatoms. The molecule has 3 N–H and O–H groups in total. The second-order valence-electron chi connectivity index (χ2n) is 8.47. The molecular formula is C25H31F3O7. The van der Waals surface area contributed by atoms with Gasteiger partial charge in [-0.2, -0.15) is 13.2 Å². The van der Waals surface area contributed by atoms with Gasteiger partial charge in [0.15, 0.2) is 0 Å². The Hall–Kier alpha value is -2.85. The molecule has 194 valence electrons. The third kappa shape index (κ3) is 9.73. The molecule has 1 aliphatic rings. The van der Waals surface area contributed by atoms with Crippen molar-refractivity contribution in [2.24, 2.45) is 11.8 Å². The topological polar surface area (TPSA) is 113 Å². The lowest BCUT2D eigenvalue weighted by atomic mass is 9.89. The summed E-state index contributed by atoms with van der Waals surface area (Å²) in [6.07, 6.45) is 1.54. The standard InChI is InChI=1S/C25H31F3O7/c1-16(29)35-23-14-22(31)20(21(23)9-4-2-3-5-10-24(32)33)12-11-18(30)15-34-19-8-6-7-17(13-19)25(26,27)28/h2,4,6-8,11-13,18,20-23,30-31H,3,5,9-10,14-15H2,1H3,(H,32,33)/b4-2-,12-11+/t18-,20-,21-,22-,23+/m1/s1. The summed E-state index contributed by atoms with van der Waals surface area (Å²) in [6.45, 7) is 0.991. The van der Waals surface area contributed by atoms with Crippen LogP contribution in [0.15, 0.2) is 48.6 Å². The number of halogens is 3. The number of hydrogen-bond donors (Lipinski definition) is 3. The normalized spacial score (nSPS) is 23.6. The molecule has 1 aromatic carbocycles. The Morgan fingerprint density at radius 2 is 2.00 bits per heavy atom. The van der Waals surface area contributed by atoms with E-state index in [2.05, 4.69) is 0 Å². The number of esters is 1. The van der Waals surface area contributed by atoms with Crippen LogP contribution < -0.4 is 4.74 Å². The van der Waals surface area contributed by atoms with Crippen molar-refractivity contribution in [3.8, 4) is 5.75 Å². The maximum Gasteiger partial charge on any atom is 0.416 e. The van der Waals surface area contributed by atoms with Gasteiger partial charge in [0, 0.05) is 31.6 Å². The number of alkyl halides is 3. The number of unbranched alkanes of at least 4 members (excludes halogenated alkanes) is 1. The molecule has 1 aromatic rings. The largest absolute Gasteiger partial charge is 0.491 e. The fraction of sp³-hybridized carbons (Fsp3) is 0.520. The van der Waals surface area contributed by atoms with Crippen molar-refractivity contribution < 1.29 is 47.6 Å². The van der Waals surface area contributed by atoms with Crippen LogP contribution in [0.25, 0.3) is 0 Å². The quantitative estimate of drug-likeness (QED) is 0.225. The minimum Gasteiger partial charge on any atom is -0.491 e. The van der Waals surface area contributed by atoms with Gasteiger partial charge in [-0.25, -0.2) is 0 Å². The number of hydrogen-bond acceptors (Lipinski definition) is 6. The van der Waals surface area contributed by atoms with Gasteiger partial charge < -0.3 is 24.8 Å². The fourth-order valence-corrected chi connectivity index (χ4v) is 4.03. The number of benzene rings is 1. The number of ether oxygens (including phenoxy) is 2. The summed E-state index contributed by atoms with van der Waals surface area (Å²) >= 11 is 0. The van der Waals surface area contributed by atoms with Gasteiger partial charge in [-0.05, 0) is 37.5 Å². The van der Waals surface area contributed by atoms with Crippen molar-refractivity contribution in [1.82, 2.24) is 0 Å². The van der Waals surface area contributed by atoms with Crippen molar-refractivity contribution in [1.29, 1.82) is 0 Å². The minimum absolute atomic E-state index is 0.0333. The summed E-state index contributed by atoms with van der Waals surface area (Å²) in [6, 6.07) is 4.34. The molecule has 1 saturated carbocycles. The van der Waals surface area contributed by atoms with Gasteiger partial charge in [-0.3, -0.25) is 9.59 Å². The SMILES string of the molecule is CC(=O)O[C@H]1C[C@@H](O)[C@H](/C=C/[C@@H](O)COc2cccc(C(F)(F)F)c2)[C@H]1C/C=C\CCCC(=O)O. The smallest absolute Gasteiger partial charge is 0.416 e. The van der Waals surface area contributed by atoms with Gasteiger partial charge >= 0.3 is 18.1 Å². The van der Waals surface area contributed by atoms with E-state index in [0.29, 0.717) is 19.3 Å². The van der Waals surface area contributed by atoms with Crippen LogP contribution in [0.4, 0.5) is 13.2 Å². The number of aliphatic hydroxyl groups is 2. The van der Waals surface area contributed by atoms with E-state index < -0.39 is 47.9 Å². The number of carbonyl (C=O) groups excluding carboxylic acids is 1. The first-order valence-electron chi connectivity index (χ1n) is 11.4. The predicted molar refractivity (Wildman–Crippen MR) is 120 cm³/mol. The van der Waals surface area contributed by atoms with E-state index in [9.17, 15) is 33.0 Å². The molecule has 0 radical (unpaired) electrons. The molecule has 0 aromatic heterocycles. The van der Waals surface area contributed by atoms with Gasteiger partial charge in [0.2, 0.25) is 0 Å². The number of rotatable bonds is 12. The third-order valence-corrected chi connectivity index (χ3v) is 5.68. The van der Waals surface area contributed by atoms with E-state index in [1.165, 1.54) is 25.1 Å². The van der Waals surface area contributed by atoms with Gasteiger partial charge in [0.05, 0.1) is 11.7 Å². The zero-order valence-corrected chi connectivity index (χ0v) is 19.4. The average molecular weight is 501 g/mol. The highest BCUT2D eigenvalue weighted by atomic mass is 19.4. The Morgan fingerprint density at radius 3 is 2.66 bits per heavy atom. The second kappa shape index (κ2) is 13.3. The van der Waals surface area contributed by atoms with Crippen LogP contribution in [0.5, 0.6) is 5.75 Å². The van der Waals surface area contributed by atoms with Crippen molar-refractivity contribution in [2.75, 3.05) is 6.61 Å². The monoisotopic (exact) mass is 500 g/mol. The lowest BCUT2D eigenvalue weighted by molar-refractivity contribution is -0.148. The van der Waals surface area contributed by atoms with E-state index in [-0.39, 0.29) is 31.1 Å². The molecule has 1 aliphatic carbocycles. The molecule has 0 aliphatic heterocycles. The first-order chi connectivity index (χ1) is 16.5. The lowest BCUT2D eigenvalue weighted by Gasteiger charge is -2.22. The first kappa shape index (κ1) is 28.4. The summed E-state index contributed by atoms with van der Waals surface area (Å²) < 4.78 is 49.1. The van der Waals surface area contributed by atoms with Crippen molar-refractivity contribution in [3.05, 3.63) is 54.1 Å². The highest BCUT2D eigenvalue weighted by Crippen LogP contribution is 2.38. The number of carbonyl (C=O) groups is 2. The lowest BCUT2D eigenvalue weighted by Crippen LogP contribution is -2.24. The van der Waals surface area contributed by atoms with Crippen molar-refractivity contribution in [2.45, 2.75) is 63.5 Å². The molecule has 5 atom stereocenters. The molecule has 0 saturated heterocycles. The minimum atomic E-state index is -4.51. The Balaban J connectivity index is 1.98. The molecule has 0 bridgehead atoms. The summed E-state index contributed by atoms with van der Waals surface area (Å²) in [5.41, 5.74) is -0.857. The van der Waals surface area contributed by atoms with Crippen molar-refractivity contribution in [3.63, 3.8) is 0 Å². The van der Waals surface area contributed by atoms with E-state index in [1.807, 2.05) is 12.2 Å². The summed E-state index contributed by atoms with van der Waals surface area (Å²) in [7, 11) is 0. The predicted octanol–water partition coefficient (Wildman–Crippen LogP) is 4.13. The average Bonchev–Trinajstić information content (AvgIpc) is 3.05. The molecule has 0 unspecified atom stereocenters. The first-order valence-corrected chi connectivity index (χ1v) is 11.4. The third-order valence-electron chi connectivity index (χ3n) is 5.68. The van der Waals surface area contributed by atoms with Crippen LogP contribution in [0.1, 0.15) is 44.6 Å². The van der Waals surface area contributed by atoms with Gasteiger partial charge in [-0.1, -0.05) is 30.4 Å². The van der Waals surface area contributed by atoms with E-state index in [4.69, 9.17) is 14.6 Å². The van der Waals surface area contributed by atoms with Gasteiger partial charge in [0.1, 0.15) is 24.6 Å². The number of aliphatic hydroxyl groups excluding tert-OH is 2. The number of carboxylic acid groups (broad SMARTS) is 1. The van der Waals surface area contributed by atoms with Crippen LogP contribution >= 0.6 is 0 Å². The zero-order valence-electron chi connectivity index (χ0n) is 19.4. The second-order valence-corrected chi connectivity index (χ2v) is 8.47. The van der Waals surface area contributed by atoms with Gasteiger partial charge in [0.25, 0.3) is 0 Å². The maximum atomic E-state index is 12.8. The summed E-state index contributed by atoms with van der Waals surface area (Å²) in [4.78, 5) is 22.1. The molecule has 0 heterocycles. The Kier molecular flexibility index (Phi) is 10.8. The molecule has 7 nitrogen and oxygen atoms in total. The van der Waals surface area contributed by atoms with Crippen LogP contribution in [0.3, 0.4) is 0 Å². The Morgan fingerprint density at radius 1 is 1.26 bits per heavy atom. The molecule has 1 fully saturated rings. The van der Waals surface area contributed by atoms with Crippen LogP contribution in [-0.4, -0.2) is 52.2 Å². The summed E-state index contributed by atoms with van der Waals surface area (Å²) in [5.74, 6) is -2.08. The highest BCUT2D eigenvalue weighted by Gasteiger charge is 2.42. The number of aliphatic carboxylic acids is 1. The molecule has 0 amide bonds. The van der Waals surface area contributed by atoms with Crippen LogP contribution in [0.2, 0.25) is 0 Å². The van der Waals surface area contributed by atoms with E-state index in [0.717, 1.165) is 12.1 Å². The molecular weight excluding hydrogens is 469 g/mol. The fourth-order valence-electron chi connectivity index (χ4n) is 4.03. The Bertz CT molecular complexity index is 897. The zero-order chi connectivity index (χ0) is 26.0. The molecule has 35 heavy (non-hydrogen) atoms. The maximum absolute atomic E-state index is 12.8. The number of allylic oxidation sites excluding steroid dienone is 2. The molecule has 2 rings (SSSR count). The van der Waals surface area contributed by atoms with Crippen LogP contribution in [0, 0.1) is 11.8 Å². The van der Waals surface area contributed by atoms with Crippen molar-refractivity contribution >= 4 is 11.9 Å².